The molecule has 11 heteroatoms. The van der Waals surface area contributed by atoms with Crippen LogP contribution in [0.4, 0.5) is 0 Å². The number of carbonyl (C=O) groups excluding carboxylic acids is 2. The maximum absolute atomic E-state index is 13.0. The predicted octanol–water partition coefficient (Wildman–Crippen LogP) is 3.69. The number of piperidine rings is 1. The Morgan fingerprint density at radius 1 is 1.08 bits per heavy atom. The van der Waals surface area contributed by atoms with Gasteiger partial charge in [-0.15, -0.1) is 0 Å². The summed E-state index contributed by atoms with van der Waals surface area (Å²) >= 11 is 1.28. The standard InChI is InChI=1S/C26H31N3O6S2/c1-4-35-25(31)20-7-10-22-23(17-20)36-26(29(22)15-16-34-3)27-24(30)19-5-8-21(9-6-19)37(32,33)28-13-11-18(2)12-14-28/h5-10,17-18H,4,11-16H2,1-3H3. The van der Waals surface area contributed by atoms with Crippen LogP contribution in [0.5, 0.6) is 0 Å². The first-order valence-corrected chi connectivity index (χ1v) is 14.5. The van der Waals surface area contributed by atoms with Crippen molar-refractivity contribution in [2.24, 2.45) is 10.9 Å². The molecular formula is C26H31N3O6S2. The molecule has 0 N–H and O–H groups in total. The molecule has 1 amide bonds. The molecule has 0 aliphatic carbocycles. The Hall–Kier alpha value is -2.86. The van der Waals surface area contributed by atoms with Gasteiger partial charge in [0.2, 0.25) is 10.0 Å². The van der Waals surface area contributed by atoms with Gasteiger partial charge in [0.15, 0.2) is 4.80 Å². The van der Waals surface area contributed by atoms with E-state index in [1.54, 1.807) is 32.2 Å². The summed E-state index contributed by atoms with van der Waals surface area (Å²) in [6.45, 7) is 6.04. The van der Waals surface area contributed by atoms with Gasteiger partial charge in [-0.25, -0.2) is 13.2 Å². The second-order valence-corrected chi connectivity index (χ2v) is 11.9. The van der Waals surface area contributed by atoms with E-state index in [-0.39, 0.29) is 17.1 Å². The Kier molecular flexibility index (Phi) is 8.58. The number of nitrogens with zero attached hydrogens (tertiary/aromatic N) is 3. The lowest BCUT2D eigenvalue weighted by Gasteiger charge is -2.29. The molecule has 1 aliphatic rings. The average Bonchev–Trinajstić information content (AvgIpc) is 3.23. The predicted molar refractivity (Wildman–Crippen MR) is 141 cm³/mol. The van der Waals surface area contributed by atoms with Crippen LogP contribution in [0.1, 0.15) is 47.4 Å². The van der Waals surface area contributed by atoms with Crippen LogP contribution in [0.3, 0.4) is 0 Å². The maximum atomic E-state index is 13.0. The van der Waals surface area contributed by atoms with E-state index in [0.717, 1.165) is 23.1 Å². The lowest BCUT2D eigenvalue weighted by Crippen LogP contribution is -2.37. The molecule has 3 aromatic rings. The Labute approximate surface area is 220 Å². The van der Waals surface area contributed by atoms with Gasteiger partial charge in [-0.3, -0.25) is 4.79 Å². The Morgan fingerprint density at radius 2 is 1.76 bits per heavy atom. The van der Waals surface area contributed by atoms with Crippen molar-refractivity contribution in [3.63, 3.8) is 0 Å². The molecule has 0 bridgehead atoms. The van der Waals surface area contributed by atoms with E-state index >= 15 is 0 Å². The van der Waals surface area contributed by atoms with E-state index in [4.69, 9.17) is 9.47 Å². The fraction of sp³-hybridized carbons (Fsp3) is 0.423. The number of benzene rings is 2. The fourth-order valence-corrected chi connectivity index (χ4v) is 6.76. The fourth-order valence-electron chi connectivity index (χ4n) is 4.19. The molecule has 9 nitrogen and oxygen atoms in total. The number of ether oxygens (including phenoxy) is 2. The minimum atomic E-state index is -3.60. The molecule has 198 valence electrons. The lowest BCUT2D eigenvalue weighted by molar-refractivity contribution is 0.0526. The molecule has 0 saturated carbocycles. The van der Waals surface area contributed by atoms with Crippen molar-refractivity contribution in [3.8, 4) is 0 Å². The highest BCUT2D eigenvalue weighted by Crippen LogP contribution is 2.24. The first kappa shape index (κ1) is 27.2. The molecule has 0 spiro atoms. The first-order valence-electron chi connectivity index (χ1n) is 12.2. The Bertz CT molecular complexity index is 1450. The number of thiazole rings is 1. The van der Waals surface area contributed by atoms with Crippen LogP contribution >= 0.6 is 11.3 Å². The van der Waals surface area contributed by atoms with Gasteiger partial charge in [-0.05, 0) is 68.1 Å². The average molecular weight is 546 g/mol. The van der Waals surface area contributed by atoms with Gasteiger partial charge in [-0.2, -0.15) is 9.30 Å². The topological polar surface area (TPSA) is 107 Å². The molecule has 1 fully saturated rings. The minimum Gasteiger partial charge on any atom is -0.462 e. The van der Waals surface area contributed by atoms with Gasteiger partial charge < -0.3 is 14.0 Å². The van der Waals surface area contributed by atoms with Crippen LogP contribution in [0.25, 0.3) is 10.2 Å². The van der Waals surface area contributed by atoms with Crippen molar-refractivity contribution in [2.75, 3.05) is 33.4 Å². The zero-order valence-corrected chi connectivity index (χ0v) is 22.8. The summed E-state index contributed by atoms with van der Waals surface area (Å²) in [5.41, 5.74) is 1.53. The van der Waals surface area contributed by atoms with Gasteiger partial charge >= 0.3 is 5.97 Å². The highest BCUT2D eigenvalue weighted by molar-refractivity contribution is 7.89. The van der Waals surface area contributed by atoms with Crippen molar-refractivity contribution in [2.45, 2.75) is 38.1 Å². The molecule has 4 rings (SSSR count). The van der Waals surface area contributed by atoms with Gasteiger partial charge in [0, 0.05) is 32.3 Å². The van der Waals surface area contributed by atoms with Crippen LogP contribution in [0.2, 0.25) is 0 Å². The molecule has 0 atom stereocenters. The molecule has 1 aliphatic heterocycles. The van der Waals surface area contributed by atoms with Crippen molar-refractivity contribution >= 4 is 43.5 Å². The largest absolute Gasteiger partial charge is 0.462 e. The quantitative estimate of drug-likeness (QED) is 0.400. The van der Waals surface area contributed by atoms with Crippen LogP contribution in [-0.4, -0.2) is 62.6 Å². The number of hydrogen-bond donors (Lipinski definition) is 0. The van der Waals surface area contributed by atoms with Gasteiger partial charge in [-0.1, -0.05) is 18.3 Å². The summed E-state index contributed by atoms with van der Waals surface area (Å²) in [5, 5.41) is 0. The van der Waals surface area contributed by atoms with Gasteiger partial charge in [0.1, 0.15) is 0 Å². The molecular weight excluding hydrogens is 514 g/mol. The third-order valence-corrected chi connectivity index (χ3v) is 9.35. The van der Waals surface area contributed by atoms with Crippen LogP contribution in [0, 0.1) is 5.92 Å². The third-order valence-electron chi connectivity index (χ3n) is 6.39. The monoisotopic (exact) mass is 545 g/mol. The van der Waals surface area contributed by atoms with Crippen LogP contribution < -0.4 is 4.80 Å². The SMILES string of the molecule is CCOC(=O)c1ccc2c(c1)sc(=NC(=O)c1ccc(S(=O)(=O)N3CCC(C)CC3)cc1)n2CCOC. The van der Waals surface area contributed by atoms with Crippen molar-refractivity contribution in [1.82, 2.24) is 8.87 Å². The number of carbonyl (C=O) groups is 2. The smallest absolute Gasteiger partial charge is 0.338 e. The third kappa shape index (κ3) is 6.01. The molecule has 1 saturated heterocycles. The summed E-state index contributed by atoms with van der Waals surface area (Å²) in [7, 11) is -2.01. The number of rotatable bonds is 8. The normalized spacial score (nSPS) is 15.8. The van der Waals surface area contributed by atoms with Gasteiger partial charge in [0.05, 0.1) is 33.9 Å². The number of fused-ring (bicyclic) bond motifs is 1. The number of aromatic nitrogens is 1. The van der Waals surface area contributed by atoms with E-state index < -0.39 is 21.9 Å². The second-order valence-electron chi connectivity index (χ2n) is 8.96. The summed E-state index contributed by atoms with van der Waals surface area (Å²) < 4.78 is 40.5. The molecule has 2 heterocycles. The van der Waals surface area contributed by atoms with E-state index in [9.17, 15) is 18.0 Å². The van der Waals surface area contributed by atoms with Crippen molar-refractivity contribution in [1.29, 1.82) is 0 Å². The second kappa shape index (κ2) is 11.7. The lowest BCUT2D eigenvalue weighted by atomic mass is 10.0. The van der Waals surface area contributed by atoms with Crippen LogP contribution in [-0.2, 0) is 26.0 Å². The number of amides is 1. The summed E-state index contributed by atoms with van der Waals surface area (Å²) in [6.07, 6.45) is 1.68. The molecule has 0 radical (unpaired) electrons. The number of sulfonamides is 1. The molecule has 37 heavy (non-hydrogen) atoms. The first-order chi connectivity index (χ1) is 17.7. The zero-order valence-electron chi connectivity index (χ0n) is 21.2. The van der Waals surface area contributed by atoms with Gasteiger partial charge in [0.25, 0.3) is 5.91 Å². The zero-order chi connectivity index (χ0) is 26.6. The van der Waals surface area contributed by atoms with E-state index in [1.165, 1.54) is 39.9 Å². The number of methoxy groups -OCH3 is 1. The maximum Gasteiger partial charge on any atom is 0.338 e. The van der Waals surface area contributed by atoms with E-state index in [1.807, 2.05) is 4.57 Å². The molecule has 0 unspecified atom stereocenters. The summed E-state index contributed by atoms with van der Waals surface area (Å²) in [6, 6.07) is 11.1. The highest BCUT2D eigenvalue weighted by Gasteiger charge is 2.28. The minimum absolute atomic E-state index is 0.169. The van der Waals surface area contributed by atoms with Crippen molar-refractivity contribution in [3.05, 3.63) is 58.4 Å². The number of esters is 1. The summed E-state index contributed by atoms with van der Waals surface area (Å²) in [5.74, 6) is -0.380. The van der Waals surface area contributed by atoms with Crippen LogP contribution in [0.15, 0.2) is 52.4 Å². The van der Waals surface area contributed by atoms with E-state index in [0.29, 0.717) is 42.5 Å². The Morgan fingerprint density at radius 3 is 2.41 bits per heavy atom. The number of hydrogen-bond acceptors (Lipinski definition) is 7. The van der Waals surface area contributed by atoms with E-state index in [2.05, 4.69) is 11.9 Å². The summed E-state index contributed by atoms with van der Waals surface area (Å²) in [4.78, 5) is 30.2. The highest BCUT2D eigenvalue weighted by atomic mass is 32.2. The molecule has 1 aromatic heterocycles. The Balaban J connectivity index is 1.63. The molecule has 2 aromatic carbocycles. The van der Waals surface area contributed by atoms with Crippen molar-refractivity contribution < 1.29 is 27.5 Å².